The lowest BCUT2D eigenvalue weighted by Gasteiger charge is -2.14. The van der Waals surface area contributed by atoms with Gasteiger partial charge in [0.25, 0.3) is 0 Å². The minimum absolute atomic E-state index is 0.0629. The number of amides is 1. The Balaban J connectivity index is 1.97. The van der Waals surface area contributed by atoms with Gasteiger partial charge >= 0.3 is 0 Å². The van der Waals surface area contributed by atoms with Gasteiger partial charge in [-0.3, -0.25) is 4.79 Å². The molecule has 1 fully saturated rings. The fourth-order valence-electron chi connectivity index (χ4n) is 2.53. The number of rotatable bonds is 9. The average Bonchev–Trinajstić information content (AvgIpc) is 2.87. The second-order valence-electron chi connectivity index (χ2n) is 5.25. The van der Waals surface area contributed by atoms with Gasteiger partial charge in [0.05, 0.1) is 12.6 Å². The van der Waals surface area contributed by atoms with Crippen LogP contribution in [0.4, 0.5) is 0 Å². The Hall–Kier alpha value is -0.610. The maximum Gasteiger partial charge on any atom is 0.236 e. The van der Waals surface area contributed by atoms with Crippen LogP contribution in [0.2, 0.25) is 0 Å². The second-order valence-corrected chi connectivity index (χ2v) is 5.25. The molecule has 106 valence electrons. The SMILES string of the molecule is COCCNC(=O)C(C)NCCCC1CCCC1. The zero-order valence-corrected chi connectivity index (χ0v) is 11.8. The van der Waals surface area contributed by atoms with Crippen LogP contribution in [-0.4, -0.2) is 38.8 Å². The minimum Gasteiger partial charge on any atom is -0.383 e. The molecule has 0 spiro atoms. The Morgan fingerprint density at radius 2 is 2.06 bits per heavy atom. The molecule has 0 aromatic carbocycles. The summed E-state index contributed by atoms with van der Waals surface area (Å²) in [5.74, 6) is 1.01. The average molecular weight is 256 g/mol. The Bertz CT molecular complexity index is 228. The quantitative estimate of drug-likeness (QED) is 0.617. The van der Waals surface area contributed by atoms with E-state index in [9.17, 15) is 4.79 Å². The Morgan fingerprint density at radius 1 is 1.33 bits per heavy atom. The molecule has 0 aromatic heterocycles. The van der Waals surface area contributed by atoms with Crippen molar-refractivity contribution in [1.82, 2.24) is 10.6 Å². The van der Waals surface area contributed by atoms with E-state index >= 15 is 0 Å². The lowest BCUT2D eigenvalue weighted by Crippen LogP contribution is -2.43. The molecule has 18 heavy (non-hydrogen) atoms. The van der Waals surface area contributed by atoms with Gasteiger partial charge in [0.1, 0.15) is 0 Å². The van der Waals surface area contributed by atoms with E-state index in [-0.39, 0.29) is 11.9 Å². The molecule has 1 aliphatic carbocycles. The summed E-state index contributed by atoms with van der Waals surface area (Å²) in [6, 6.07) is -0.106. The van der Waals surface area contributed by atoms with Crippen LogP contribution in [0.25, 0.3) is 0 Å². The van der Waals surface area contributed by atoms with Gasteiger partial charge in [-0.2, -0.15) is 0 Å². The van der Waals surface area contributed by atoms with Crippen molar-refractivity contribution in [2.75, 3.05) is 26.8 Å². The van der Waals surface area contributed by atoms with Crippen LogP contribution < -0.4 is 10.6 Å². The van der Waals surface area contributed by atoms with Gasteiger partial charge in [-0.05, 0) is 32.2 Å². The van der Waals surface area contributed by atoms with Crippen LogP contribution in [0.15, 0.2) is 0 Å². The van der Waals surface area contributed by atoms with Crippen LogP contribution in [-0.2, 0) is 9.53 Å². The molecule has 0 aromatic rings. The molecule has 4 heteroatoms. The summed E-state index contributed by atoms with van der Waals surface area (Å²) in [5, 5.41) is 6.12. The first-order chi connectivity index (χ1) is 8.74. The molecule has 1 saturated carbocycles. The van der Waals surface area contributed by atoms with E-state index in [1.54, 1.807) is 7.11 Å². The van der Waals surface area contributed by atoms with Crippen LogP contribution >= 0.6 is 0 Å². The lowest BCUT2D eigenvalue weighted by atomic mass is 10.0. The summed E-state index contributed by atoms with van der Waals surface area (Å²) in [5.41, 5.74) is 0. The van der Waals surface area contributed by atoms with Gasteiger partial charge < -0.3 is 15.4 Å². The Labute approximate surface area is 111 Å². The van der Waals surface area contributed by atoms with Crippen molar-refractivity contribution in [3.8, 4) is 0 Å². The molecule has 1 unspecified atom stereocenters. The third kappa shape index (κ3) is 6.36. The molecule has 1 rings (SSSR count). The van der Waals surface area contributed by atoms with E-state index in [0.29, 0.717) is 13.2 Å². The smallest absolute Gasteiger partial charge is 0.236 e. The number of hydrogen-bond acceptors (Lipinski definition) is 3. The number of carbonyl (C=O) groups is 1. The van der Waals surface area contributed by atoms with Gasteiger partial charge in [-0.15, -0.1) is 0 Å². The largest absolute Gasteiger partial charge is 0.383 e. The monoisotopic (exact) mass is 256 g/mol. The maximum absolute atomic E-state index is 11.6. The lowest BCUT2D eigenvalue weighted by molar-refractivity contribution is -0.122. The zero-order chi connectivity index (χ0) is 13.2. The summed E-state index contributed by atoms with van der Waals surface area (Å²) in [6.07, 6.45) is 8.14. The van der Waals surface area contributed by atoms with Crippen molar-refractivity contribution in [2.45, 2.75) is 51.5 Å². The fourth-order valence-corrected chi connectivity index (χ4v) is 2.53. The van der Waals surface area contributed by atoms with Crippen molar-refractivity contribution in [2.24, 2.45) is 5.92 Å². The van der Waals surface area contributed by atoms with Gasteiger partial charge in [-0.1, -0.05) is 25.7 Å². The second kappa shape index (κ2) is 9.34. The van der Waals surface area contributed by atoms with Crippen LogP contribution in [0.3, 0.4) is 0 Å². The van der Waals surface area contributed by atoms with Crippen molar-refractivity contribution in [1.29, 1.82) is 0 Å². The van der Waals surface area contributed by atoms with Gasteiger partial charge in [0.15, 0.2) is 0 Å². The number of ether oxygens (including phenoxy) is 1. The van der Waals surface area contributed by atoms with E-state index in [2.05, 4.69) is 10.6 Å². The third-order valence-corrected chi connectivity index (χ3v) is 3.71. The maximum atomic E-state index is 11.6. The number of methoxy groups -OCH3 is 1. The summed E-state index contributed by atoms with van der Waals surface area (Å²) in [6.45, 7) is 4.01. The number of carbonyl (C=O) groups excluding carboxylic acids is 1. The molecule has 0 bridgehead atoms. The molecule has 0 aliphatic heterocycles. The summed E-state index contributed by atoms with van der Waals surface area (Å²) in [7, 11) is 1.64. The third-order valence-electron chi connectivity index (χ3n) is 3.71. The predicted molar refractivity (Wildman–Crippen MR) is 73.5 cm³/mol. The van der Waals surface area contributed by atoms with Crippen molar-refractivity contribution in [3.05, 3.63) is 0 Å². The van der Waals surface area contributed by atoms with E-state index < -0.39 is 0 Å². The zero-order valence-electron chi connectivity index (χ0n) is 11.8. The number of nitrogens with one attached hydrogen (secondary N) is 2. The predicted octanol–water partition coefficient (Wildman–Crippen LogP) is 1.70. The highest BCUT2D eigenvalue weighted by Gasteiger charge is 2.15. The molecule has 4 nitrogen and oxygen atoms in total. The molecule has 1 amide bonds. The molecule has 0 radical (unpaired) electrons. The van der Waals surface area contributed by atoms with E-state index in [4.69, 9.17) is 4.74 Å². The first-order valence-corrected chi connectivity index (χ1v) is 7.24. The first-order valence-electron chi connectivity index (χ1n) is 7.24. The summed E-state index contributed by atoms with van der Waals surface area (Å²) < 4.78 is 4.89. The first kappa shape index (κ1) is 15.4. The van der Waals surface area contributed by atoms with Gasteiger partial charge in [0.2, 0.25) is 5.91 Å². The molecular weight excluding hydrogens is 228 g/mol. The Kier molecular flexibility index (Phi) is 8.01. The standard InChI is InChI=1S/C14H28N2O2/c1-12(14(17)16-10-11-18-2)15-9-5-8-13-6-3-4-7-13/h12-13,15H,3-11H2,1-2H3,(H,16,17). The highest BCUT2D eigenvalue weighted by Crippen LogP contribution is 2.28. The van der Waals surface area contributed by atoms with Crippen LogP contribution in [0.5, 0.6) is 0 Å². The molecular formula is C14H28N2O2. The minimum atomic E-state index is -0.106. The van der Waals surface area contributed by atoms with Crippen molar-refractivity contribution < 1.29 is 9.53 Å². The molecule has 0 heterocycles. The van der Waals surface area contributed by atoms with E-state index in [1.807, 2.05) is 6.92 Å². The summed E-state index contributed by atoms with van der Waals surface area (Å²) >= 11 is 0. The fraction of sp³-hybridized carbons (Fsp3) is 0.929. The number of hydrogen-bond donors (Lipinski definition) is 2. The van der Waals surface area contributed by atoms with Gasteiger partial charge in [0, 0.05) is 13.7 Å². The van der Waals surface area contributed by atoms with Gasteiger partial charge in [-0.25, -0.2) is 0 Å². The highest BCUT2D eigenvalue weighted by atomic mass is 16.5. The molecule has 0 saturated heterocycles. The summed E-state index contributed by atoms with van der Waals surface area (Å²) in [4.78, 5) is 11.6. The van der Waals surface area contributed by atoms with E-state index in [1.165, 1.54) is 38.5 Å². The van der Waals surface area contributed by atoms with Crippen LogP contribution in [0.1, 0.15) is 45.4 Å². The topological polar surface area (TPSA) is 50.4 Å². The Morgan fingerprint density at radius 3 is 2.72 bits per heavy atom. The molecule has 1 aliphatic rings. The normalized spacial score (nSPS) is 17.9. The van der Waals surface area contributed by atoms with Crippen LogP contribution in [0, 0.1) is 5.92 Å². The van der Waals surface area contributed by atoms with E-state index in [0.717, 1.165) is 12.5 Å². The molecule has 2 N–H and O–H groups in total. The van der Waals surface area contributed by atoms with Crippen molar-refractivity contribution >= 4 is 5.91 Å². The highest BCUT2D eigenvalue weighted by molar-refractivity contribution is 5.81. The molecule has 1 atom stereocenters. The van der Waals surface area contributed by atoms with Crippen molar-refractivity contribution in [3.63, 3.8) is 0 Å².